The van der Waals surface area contributed by atoms with Crippen molar-refractivity contribution in [1.82, 2.24) is 10.2 Å². The lowest BCUT2D eigenvalue weighted by Gasteiger charge is -2.32. The van der Waals surface area contributed by atoms with Crippen molar-refractivity contribution in [3.63, 3.8) is 0 Å². The molecule has 22 heavy (non-hydrogen) atoms. The molecular weight excluding hydrogens is 325 g/mol. The van der Waals surface area contributed by atoms with E-state index in [4.69, 9.17) is 4.74 Å². The molecule has 1 atom stereocenters. The zero-order valence-electron chi connectivity index (χ0n) is 13.0. The topological polar surface area (TPSA) is 53.6 Å². The van der Waals surface area contributed by atoms with Crippen LogP contribution < -0.4 is 15.4 Å². The number of amides is 1. The van der Waals surface area contributed by atoms with Crippen LogP contribution >= 0.6 is 24.8 Å². The Kier molecular flexibility index (Phi) is 9.98. The van der Waals surface area contributed by atoms with Crippen molar-refractivity contribution in [3.8, 4) is 5.75 Å². The maximum atomic E-state index is 12.2. The summed E-state index contributed by atoms with van der Waals surface area (Å²) in [4.78, 5) is 14.2. The predicted octanol–water partition coefficient (Wildman–Crippen LogP) is 2.16. The van der Waals surface area contributed by atoms with Crippen LogP contribution in [0.15, 0.2) is 24.3 Å². The average molecular weight is 350 g/mol. The monoisotopic (exact) mass is 349 g/mol. The largest absolute Gasteiger partial charge is 0.495 e. The van der Waals surface area contributed by atoms with Crippen LogP contribution in [0, 0.1) is 0 Å². The van der Waals surface area contributed by atoms with Gasteiger partial charge in [0.1, 0.15) is 5.75 Å². The second kappa shape index (κ2) is 10.5. The standard InChI is InChI=1S/C15H23N3O2.2ClH/c1-16-12-6-5-9-18(11-12)15(19)10-17-13-7-3-4-8-14(13)20-2;;/h3-4,7-8,12,16-17H,5-6,9-11H2,1-2H3;2*1H. The summed E-state index contributed by atoms with van der Waals surface area (Å²) < 4.78 is 5.26. The van der Waals surface area contributed by atoms with Crippen molar-refractivity contribution >= 4 is 36.4 Å². The second-order valence-electron chi connectivity index (χ2n) is 5.02. The number of carbonyl (C=O) groups excluding carboxylic acids is 1. The molecule has 7 heteroatoms. The molecule has 1 aliphatic heterocycles. The number of likely N-dealkylation sites (N-methyl/N-ethyl adjacent to an activating group) is 1. The van der Waals surface area contributed by atoms with Crippen LogP contribution in [-0.2, 0) is 4.79 Å². The van der Waals surface area contributed by atoms with Crippen LogP contribution in [0.5, 0.6) is 5.75 Å². The molecule has 1 aromatic rings. The van der Waals surface area contributed by atoms with E-state index >= 15 is 0 Å². The fourth-order valence-corrected chi connectivity index (χ4v) is 2.51. The summed E-state index contributed by atoms with van der Waals surface area (Å²) in [5.41, 5.74) is 0.852. The van der Waals surface area contributed by atoms with Crippen molar-refractivity contribution in [3.05, 3.63) is 24.3 Å². The first-order valence-corrected chi connectivity index (χ1v) is 7.06. The van der Waals surface area contributed by atoms with E-state index in [2.05, 4.69) is 10.6 Å². The van der Waals surface area contributed by atoms with Gasteiger partial charge in [0.2, 0.25) is 5.91 Å². The molecule has 1 aromatic carbocycles. The van der Waals surface area contributed by atoms with E-state index in [0.717, 1.165) is 37.4 Å². The summed E-state index contributed by atoms with van der Waals surface area (Å²) in [6.45, 7) is 1.95. The Labute approximate surface area is 144 Å². The number of halogens is 2. The molecule has 0 aliphatic carbocycles. The van der Waals surface area contributed by atoms with E-state index in [9.17, 15) is 4.79 Å². The molecule has 1 aliphatic rings. The zero-order valence-corrected chi connectivity index (χ0v) is 14.6. The third-order valence-corrected chi connectivity index (χ3v) is 3.72. The van der Waals surface area contributed by atoms with Gasteiger partial charge in [-0.15, -0.1) is 24.8 Å². The highest BCUT2D eigenvalue weighted by molar-refractivity contribution is 5.85. The van der Waals surface area contributed by atoms with Gasteiger partial charge < -0.3 is 20.3 Å². The fraction of sp³-hybridized carbons (Fsp3) is 0.533. The Balaban J connectivity index is 0.00000220. The lowest BCUT2D eigenvalue weighted by atomic mass is 10.1. The Bertz CT molecular complexity index is 460. The number of methoxy groups -OCH3 is 1. The van der Waals surface area contributed by atoms with Gasteiger partial charge in [-0.25, -0.2) is 0 Å². The van der Waals surface area contributed by atoms with Crippen molar-refractivity contribution in [2.45, 2.75) is 18.9 Å². The normalized spacial score (nSPS) is 17.0. The van der Waals surface area contributed by atoms with Crippen molar-refractivity contribution in [1.29, 1.82) is 0 Å². The molecule has 0 bridgehead atoms. The number of piperidine rings is 1. The quantitative estimate of drug-likeness (QED) is 0.855. The van der Waals surface area contributed by atoms with Gasteiger partial charge in [-0.1, -0.05) is 12.1 Å². The van der Waals surface area contributed by atoms with Gasteiger partial charge in [0.25, 0.3) is 0 Å². The van der Waals surface area contributed by atoms with Crippen LogP contribution in [0.4, 0.5) is 5.69 Å². The molecule has 0 radical (unpaired) electrons. The van der Waals surface area contributed by atoms with Gasteiger partial charge in [0.05, 0.1) is 19.3 Å². The Morgan fingerprint density at radius 3 is 2.77 bits per heavy atom. The Hall–Kier alpha value is -1.17. The van der Waals surface area contributed by atoms with Crippen LogP contribution in [0.3, 0.4) is 0 Å². The molecule has 0 saturated carbocycles. The van der Waals surface area contributed by atoms with Crippen LogP contribution in [0.2, 0.25) is 0 Å². The predicted molar refractivity (Wildman–Crippen MR) is 94.6 cm³/mol. The number of anilines is 1. The maximum absolute atomic E-state index is 12.2. The third kappa shape index (κ3) is 5.55. The van der Waals surface area contributed by atoms with Crippen molar-refractivity contribution < 1.29 is 9.53 Å². The number of nitrogens with one attached hydrogen (secondary N) is 2. The number of carbonyl (C=O) groups is 1. The first-order chi connectivity index (χ1) is 9.74. The molecule has 1 amide bonds. The Morgan fingerprint density at radius 1 is 1.36 bits per heavy atom. The summed E-state index contributed by atoms with van der Waals surface area (Å²) in [5, 5.41) is 6.40. The third-order valence-electron chi connectivity index (χ3n) is 3.72. The van der Waals surface area contributed by atoms with Crippen molar-refractivity contribution in [2.24, 2.45) is 0 Å². The second-order valence-corrected chi connectivity index (χ2v) is 5.02. The molecule has 2 rings (SSSR count). The molecule has 126 valence electrons. The first kappa shape index (κ1) is 20.8. The minimum Gasteiger partial charge on any atom is -0.495 e. The van der Waals surface area contributed by atoms with E-state index in [1.165, 1.54) is 0 Å². The highest BCUT2D eigenvalue weighted by Gasteiger charge is 2.22. The molecule has 2 N–H and O–H groups in total. The number of rotatable bonds is 5. The number of nitrogens with zero attached hydrogens (tertiary/aromatic N) is 1. The van der Waals surface area contributed by atoms with Gasteiger partial charge in [-0.05, 0) is 32.0 Å². The van der Waals surface area contributed by atoms with E-state index in [1.54, 1.807) is 7.11 Å². The highest BCUT2D eigenvalue weighted by atomic mass is 35.5. The zero-order chi connectivity index (χ0) is 14.4. The summed E-state index contributed by atoms with van der Waals surface area (Å²) >= 11 is 0. The molecule has 1 saturated heterocycles. The summed E-state index contributed by atoms with van der Waals surface area (Å²) in [5.74, 6) is 0.892. The molecule has 0 spiro atoms. The van der Waals surface area contributed by atoms with Gasteiger partial charge in [0, 0.05) is 19.1 Å². The molecular formula is C15H25Cl2N3O2. The van der Waals surface area contributed by atoms with Gasteiger partial charge in [0.15, 0.2) is 0 Å². The first-order valence-electron chi connectivity index (χ1n) is 7.06. The lowest BCUT2D eigenvalue weighted by Crippen LogP contribution is -2.48. The maximum Gasteiger partial charge on any atom is 0.241 e. The van der Waals surface area contributed by atoms with E-state index in [1.807, 2.05) is 36.2 Å². The molecule has 1 fully saturated rings. The van der Waals surface area contributed by atoms with Crippen molar-refractivity contribution in [2.75, 3.05) is 39.1 Å². The summed E-state index contributed by atoms with van der Waals surface area (Å²) in [6.07, 6.45) is 2.20. The van der Waals surface area contributed by atoms with E-state index in [-0.39, 0.29) is 30.7 Å². The van der Waals surface area contributed by atoms with Gasteiger partial charge >= 0.3 is 0 Å². The minimum atomic E-state index is 0. The number of hydrogen-bond donors (Lipinski definition) is 2. The van der Waals surface area contributed by atoms with E-state index < -0.39 is 0 Å². The van der Waals surface area contributed by atoms with Gasteiger partial charge in [-0.2, -0.15) is 0 Å². The van der Waals surface area contributed by atoms with Crippen LogP contribution in [0.25, 0.3) is 0 Å². The number of benzene rings is 1. The van der Waals surface area contributed by atoms with Crippen LogP contribution in [-0.4, -0.2) is 50.6 Å². The van der Waals surface area contributed by atoms with Crippen LogP contribution in [0.1, 0.15) is 12.8 Å². The molecule has 5 nitrogen and oxygen atoms in total. The van der Waals surface area contributed by atoms with E-state index in [0.29, 0.717) is 12.6 Å². The minimum absolute atomic E-state index is 0. The molecule has 1 heterocycles. The highest BCUT2D eigenvalue weighted by Crippen LogP contribution is 2.22. The van der Waals surface area contributed by atoms with Gasteiger partial charge in [-0.3, -0.25) is 4.79 Å². The smallest absolute Gasteiger partial charge is 0.241 e. The molecule has 1 unspecified atom stereocenters. The average Bonchev–Trinajstić information content (AvgIpc) is 2.52. The number of para-hydroxylation sites is 2. The SMILES string of the molecule is CNC1CCCN(C(=O)CNc2ccccc2OC)C1.Cl.Cl. The summed E-state index contributed by atoms with van der Waals surface area (Å²) in [6, 6.07) is 8.05. The number of ether oxygens (including phenoxy) is 1. The summed E-state index contributed by atoms with van der Waals surface area (Å²) in [7, 11) is 3.58. The number of hydrogen-bond acceptors (Lipinski definition) is 4. The molecule has 0 aromatic heterocycles. The fourth-order valence-electron chi connectivity index (χ4n) is 2.51. The number of likely N-dealkylation sites (tertiary alicyclic amines) is 1. The Morgan fingerprint density at radius 2 is 2.09 bits per heavy atom. The lowest BCUT2D eigenvalue weighted by molar-refractivity contribution is -0.130.